The standard InChI is InChI=1S/C12H21N3O5/c13-10(16)4-3-9(11(17)18)15-12(19)14-6-8-2-1-5-20-7-8/h8-9H,1-7H2,(H2,13,16)(H,17,18)(H2,14,15,19)/t8?,9-/m1/s1. The highest BCUT2D eigenvalue weighted by Crippen LogP contribution is 2.11. The molecule has 1 saturated heterocycles. The van der Waals surface area contributed by atoms with E-state index in [0.717, 1.165) is 19.4 Å². The molecule has 0 spiro atoms. The molecule has 8 heteroatoms. The molecular weight excluding hydrogens is 266 g/mol. The highest BCUT2D eigenvalue weighted by atomic mass is 16.5. The predicted molar refractivity (Wildman–Crippen MR) is 69.9 cm³/mol. The Labute approximate surface area is 117 Å². The summed E-state index contributed by atoms with van der Waals surface area (Å²) in [5.74, 6) is -1.54. The number of carbonyl (C=O) groups is 3. The van der Waals surface area contributed by atoms with E-state index in [2.05, 4.69) is 10.6 Å². The van der Waals surface area contributed by atoms with Crippen LogP contribution in [0, 0.1) is 5.92 Å². The number of nitrogens with two attached hydrogens (primary N) is 1. The van der Waals surface area contributed by atoms with E-state index in [1.54, 1.807) is 0 Å². The van der Waals surface area contributed by atoms with Crippen LogP contribution in [0.5, 0.6) is 0 Å². The Morgan fingerprint density at radius 3 is 2.70 bits per heavy atom. The molecule has 1 unspecified atom stereocenters. The number of urea groups is 1. The van der Waals surface area contributed by atoms with Crippen LogP contribution in [0.3, 0.4) is 0 Å². The van der Waals surface area contributed by atoms with Crippen LogP contribution >= 0.6 is 0 Å². The fourth-order valence-corrected chi connectivity index (χ4v) is 1.96. The maximum Gasteiger partial charge on any atom is 0.326 e. The SMILES string of the molecule is NC(=O)CC[C@@H](NC(=O)NCC1CCCOC1)C(=O)O. The predicted octanol–water partition coefficient (Wildman–Crippen LogP) is -0.569. The van der Waals surface area contributed by atoms with E-state index in [1.165, 1.54) is 0 Å². The van der Waals surface area contributed by atoms with E-state index in [-0.39, 0.29) is 18.8 Å². The summed E-state index contributed by atoms with van der Waals surface area (Å²) < 4.78 is 5.28. The lowest BCUT2D eigenvalue weighted by molar-refractivity contribution is -0.139. The number of primary amides is 1. The van der Waals surface area contributed by atoms with Gasteiger partial charge in [-0.05, 0) is 25.2 Å². The second-order valence-corrected chi connectivity index (χ2v) is 4.83. The molecule has 2 atom stereocenters. The van der Waals surface area contributed by atoms with Gasteiger partial charge in [0.15, 0.2) is 0 Å². The Morgan fingerprint density at radius 2 is 2.15 bits per heavy atom. The molecular formula is C12H21N3O5. The van der Waals surface area contributed by atoms with Crippen molar-refractivity contribution in [3.63, 3.8) is 0 Å². The summed E-state index contributed by atoms with van der Waals surface area (Å²) in [5, 5.41) is 13.9. The number of hydrogen-bond acceptors (Lipinski definition) is 4. The van der Waals surface area contributed by atoms with Gasteiger partial charge in [-0.3, -0.25) is 4.79 Å². The summed E-state index contributed by atoms with van der Waals surface area (Å²) in [6, 6.07) is -1.68. The Hall–Kier alpha value is -1.83. The van der Waals surface area contributed by atoms with Crippen molar-refractivity contribution in [1.82, 2.24) is 10.6 Å². The van der Waals surface area contributed by atoms with Crippen LogP contribution in [0.2, 0.25) is 0 Å². The summed E-state index contributed by atoms with van der Waals surface area (Å²) in [5.41, 5.74) is 4.95. The van der Waals surface area contributed by atoms with E-state index in [1.807, 2.05) is 0 Å². The molecule has 1 fully saturated rings. The third-order valence-corrected chi connectivity index (χ3v) is 3.09. The van der Waals surface area contributed by atoms with Gasteiger partial charge in [0.2, 0.25) is 5.91 Å². The Bertz CT molecular complexity index is 355. The van der Waals surface area contributed by atoms with Crippen LogP contribution in [-0.2, 0) is 14.3 Å². The van der Waals surface area contributed by atoms with Gasteiger partial charge in [-0.25, -0.2) is 9.59 Å². The molecule has 1 heterocycles. The zero-order valence-corrected chi connectivity index (χ0v) is 11.3. The second-order valence-electron chi connectivity index (χ2n) is 4.83. The van der Waals surface area contributed by atoms with E-state index in [9.17, 15) is 14.4 Å². The second kappa shape index (κ2) is 8.36. The van der Waals surface area contributed by atoms with Gasteiger partial charge in [0.05, 0.1) is 6.61 Å². The molecule has 0 aromatic carbocycles. The quantitative estimate of drug-likeness (QED) is 0.498. The van der Waals surface area contributed by atoms with Crippen molar-refractivity contribution >= 4 is 17.9 Å². The maximum absolute atomic E-state index is 11.6. The molecule has 0 bridgehead atoms. The number of carboxylic acid groups (broad SMARTS) is 1. The Kier molecular flexibility index (Phi) is 6.78. The first-order valence-electron chi connectivity index (χ1n) is 6.62. The molecule has 8 nitrogen and oxygen atoms in total. The molecule has 114 valence electrons. The third-order valence-electron chi connectivity index (χ3n) is 3.09. The zero-order valence-electron chi connectivity index (χ0n) is 11.3. The molecule has 1 aliphatic rings. The van der Waals surface area contributed by atoms with Crippen LogP contribution < -0.4 is 16.4 Å². The summed E-state index contributed by atoms with van der Waals surface area (Å²) in [7, 11) is 0. The number of rotatable bonds is 7. The van der Waals surface area contributed by atoms with Gasteiger partial charge in [0, 0.05) is 19.6 Å². The molecule has 0 radical (unpaired) electrons. The van der Waals surface area contributed by atoms with Crippen LogP contribution in [0.25, 0.3) is 0 Å². The topological polar surface area (TPSA) is 131 Å². The van der Waals surface area contributed by atoms with Crippen molar-refractivity contribution in [2.45, 2.75) is 31.7 Å². The third kappa shape index (κ3) is 6.37. The van der Waals surface area contributed by atoms with Crippen LogP contribution in [0.1, 0.15) is 25.7 Å². The van der Waals surface area contributed by atoms with Crippen molar-refractivity contribution in [3.05, 3.63) is 0 Å². The molecule has 0 aromatic rings. The molecule has 1 rings (SSSR count). The van der Waals surface area contributed by atoms with Crippen molar-refractivity contribution in [1.29, 1.82) is 0 Å². The number of carboxylic acids is 1. The molecule has 5 N–H and O–H groups in total. The smallest absolute Gasteiger partial charge is 0.326 e. The molecule has 0 saturated carbocycles. The van der Waals surface area contributed by atoms with Crippen molar-refractivity contribution in [2.75, 3.05) is 19.8 Å². The Morgan fingerprint density at radius 1 is 1.40 bits per heavy atom. The highest BCUT2D eigenvalue weighted by molar-refractivity contribution is 5.83. The van der Waals surface area contributed by atoms with Crippen LogP contribution in [-0.4, -0.2) is 48.8 Å². The van der Waals surface area contributed by atoms with Gasteiger partial charge in [0.1, 0.15) is 6.04 Å². The van der Waals surface area contributed by atoms with Crippen LogP contribution in [0.15, 0.2) is 0 Å². The lowest BCUT2D eigenvalue weighted by Crippen LogP contribution is -2.47. The number of aliphatic carboxylic acids is 1. The molecule has 20 heavy (non-hydrogen) atoms. The molecule has 0 aromatic heterocycles. The van der Waals surface area contributed by atoms with E-state index < -0.39 is 23.9 Å². The fraction of sp³-hybridized carbons (Fsp3) is 0.750. The minimum absolute atomic E-state index is 0.0232. The largest absolute Gasteiger partial charge is 0.480 e. The first kappa shape index (κ1) is 16.2. The van der Waals surface area contributed by atoms with Gasteiger partial charge in [-0.1, -0.05) is 0 Å². The summed E-state index contributed by atoms with van der Waals surface area (Å²) >= 11 is 0. The normalized spacial score (nSPS) is 19.9. The zero-order chi connectivity index (χ0) is 15.0. The number of nitrogens with one attached hydrogen (secondary N) is 2. The first-order valence-corrected chi connectivity index (χ1v) is 6.62. The van der Waals surface area contributed by atoms with E-state index >= 15 is 0 Å². The van der Waals surface area contributed by atoms with Crippen molar-refractivity contribution in [3.8, 4) is 0 Å². The number of ether oxygens (including phenoxy) is 1. The van der Waals surface area contributed by atoms with Crippen molar-refractivity contribution in [2.24, 2.45) is 11.7 Å². The minimum Gasteiger partial charge on any atom is -0.480 e. The van der Waals surface area contributed by atoms with Gasteiger partial charge >= 0.3 is 12.0 Å². The molecule has 0 aliphatic carbocycles. The lowest BCUT2D eigenvalue weighted by atomic mass is 10.0. The number of hydrogen-bond donors (Lipinski definition) is 4. The lowest BCUT2D eigenvalue weighted by Gasteiger charge is -2.22. The maximum atomic E-state index is 11.6. The van der Waals surface area contributed by atoms with E-state index in [0.29, 0.717) is 13.2 Å². The van der Waals surface area contributed by atoms with Gasteiger partial charge < -0.3 is 26.2 Å². The van der Waals surface area contributed by atoms with Gasteiger partial charge in [-0.15, -0.1) is 0 Å². The number of carbonyl (C=O) groups excluding carboxylic acids is 2. The monoisotopic (exact) mass is 287 g/mol. The first-order chi connectivity index (χ1) is 9.49. The molecule has 1 aliphatic heterocycles. The summed E-state index contributed by atoms with van der Waals surface area (Å²) in [6.45, 7) is 1.79. The average Bonchev–Trinajstić information content (AvgIpc) is 2.41. The fourth-order valence-electron chi connectivity index (χ4n) is 1.96. The number of amides is 3. The average molecular weight is 287 g/mol. The van der Waals surface area contributed by atoms with Crippen LogP contribution in [0.4, 0.5) is 4.79 Å². The molecule has 3 amide bonds. The summed E-state index contributed by atoms with van der Waals surface area (Å²) in [4.78, 5) is 33.2. The van der Waals surface area contributed by atoms with Crippen molar-refractivity contribution < 1.29 is 24.2 Å². The van der Waals surface area contributed by atoms with Gasteiger partial charge in [-0.2, -0.15) is 0 Å². The highest BCUT2D eigenvalue weighted by Gasteiger charge is 2.21. The Balaban J connectivity index is 2.29. The van der Waals surface area contributed by atoms with Gasteiger partial charge in [0.25, 0.3) is 0 Å². The van der Waals surface area contributed by atoms with E-state index in [4.69, 9.17) is 15.6 Å². The minimum atomic E-state index is -1.19. The summed E-state index contributed by atoms with van der Waals surface area (Å²) in [6.07, 6.45) is 1.83.